The fourth-order valence-electron chi connectivity index (χ4n) is 2.61. The van der Waals surface area contributed by atoms with Crippen LogP contribution in [0.3, 0.4) is 0 Å². The number of hydrogen-bond donors (Lipinski definition) is 1. The first-order chi connectivity index (χ1) is 9.19. The van der Waals surface area contributed by atoms with Crippen LogP contribution in [0.4, 0.5) is 5.69 Å². The molecule has 1 aromatic heterocycles. The highest BCUT2D eigenvalue weighted by molar-refractivity contribution is 6.00. The number of nitrogens with one attached hydrogen (secondary N) is 1. The Balaban J connectivity index is 1.62. The predicted octanol–water partition coefficient (Wildman–Crippen LogP) is 3.00. The molecule has 2 aromatic rings. The lowest BCUT2D eigenvalue weighted by Gasteiger charge is -2.09. The highest BCUT2D eigenvalue weighted by Gasteiger charge is 2.74. The van der Waals surface area contributed by atoms with Gasteiger partial charge >= 0.3 is 0 Å². The third-order valence-electron chi connectivity index (χ3n) is 4.29. The molecule has 1 N–H and O–H groups in total. The number of carbonyl (C=O) groups excluding carboxylic acids is 1. The van der Waals surface area contributed by atoms with Crippen LogP contribution in [0.25, 0.3) is 11.5 Å². The summed E-state index contributed by atoms with van der Waals surface area (Å²) in [5.74, 6) is 1.41. The van der Waals surface area contributed by atoms with Gasteiger partial charge in [-0.15, -0.1) is 0 Å². The predicted molar refractivity (Wildman–Crippen MR) is 70.5 cm³/mol. The molecule has 0 bridgehead atoms. The molecule has 0 radical (unpaired) electrons. The van der Waals surface area contributed by atoms with E-state index in [1.54, 1.807) is 12.5 Å². The number of carbonyl (C=O) groups is 1. The summed E-state index contributed by atoms with van der Waals surface area (Å²) in [4.78, 5) is 16.2. The van der Waals surface area contributed by atoms with E-state index in [-0.39, 0.29) is 11.3 Å². The van der Waals surface area contributed by atoms with Crippen LogP contribution < -0.4 is 5.32 Å². The Kier molecular flexibility index (Phi) is 1.97. The van der Waals surface area contributed by atoms with Crippen molar-refractivity contribution in [3.8, 4) is 11.5 Å². The molecule has 2 aliphatic carbocycles. The van der Waals surface area contributed by atoms with Crippen LogP contribution in [0.5, 0.6) is 0 Å². The Bertz CT molecular complexity index is 655. The number of amides is 1. The van der Waals surface area contributed by atoms with Gasteiger partial charge in [0.25, 0.3) is 0 Å². The maximum absolute atomic E-state index is 12.1. The van der Waals surface area contributed by atoms with E-state index < -0.39 is 0 Å². The van der Waals surface area contributed by atoms with Crippen molar-refractivity contribution in [2.75, 3.05) is 5.32 Å². The quantitative estimate of drug-likeness (QED) is 0.916. The fourth-order valence-corrected chi connectivity index (χ4v) is 2.61. The Labute approximate surface area is 110 Å². The van der Waals surface area contributed by atoms with Crippen molar-refractivity contribution in [1.82, 2.24) is 4.98 Å². The Morgan fingerprint density at radius 3 is 2.89 bits per heavy atom. The number of aromatic nitrogens is 1. The highest BCUT2D eigenvalue weighted by Crippen LogP contribution is 2.75. The Morgan fingerprint density at radius 1 is 1.47 bits per heavy atom. The summed E-state index contributed by atoms with van der Waals surface area (Å²) in [6, 6.07) is 5.83. The fraction of sp³-hybridized carbons (Fsp3) is 0.333. The number of rotatable bonds is 3. The van der Waals surface area contributed by atoms with Crippen molar-refractivity contribution in [3.63, 3.8) is 0 Å². The first kappa shape index (κ1) is 10.8. The minimum atomic E-state index is -0.00597. The third kappa shape index (κ3) is 1.59. The smallest absolute Gasteiger partial charge is 0.230 e. The van der Waals surface area contributed by atoms with Crippen LogP contribution in [0.1, 0.15) is 18.4 Å². The van der Waals surface area contributed by atoms with Crippen molar-refractivity contribution >= 4 is 11.6 Å². The molecular weight excluding hydrogens is 240 g/mol. The molecule has 2 fully saturated rings. The van der Waals surface area contributed by atoms with Crippen molar-refractivity contribution in [2.24, 2.45) is 11.3 Å². The van der Waals surface area contributed by atoms with E-state index in [4.69, 9.17) is 4.42 Å². The Hall–Kier alpha value is -2.10. The van der Waals surface area contributed by atoms with Gasteiger partial charge in [-0.05, 0) is 43.4 Å². The van der Waals surface area contributed by atoms with Gasteiger partial charge in [0.15, 0.2) is 0 Å². The summed E-state index contributed by atoms with van der Waals surface area (Å²) < 4.78 is 5.32. The minimum Gasteiger partial charge on any atom is -0.445 e. The van der Waals surface area contributed by atoms with Gasteiger partial charge in [0.1, 0.15) is 6.26 Å². The van der Waals surface area contributed by atoms with Crippen molar-refractivity contribution in [2.45, 2.75) is 19.8 Å². The number of aryl methyl sites for hydroxylation is 1. The lowest BCUT2D eigenvalue weighted by atomic mass is 10.1. The highest BCUT2D eigenvalue weighted by atomic mass is 16.3. The van der Waals surface area contributed by atoms with Gasteiger partial charge in [0.2, 0.25) is 11.8 Å². The lowest BCUT2D eigenvalue weighted by molar-refractivity contribution is -0.119. The van der Waals surface area contributed by atoms with E-state index in [0.29, 0.717) is 11.8 Å². The molecule has 1 amide bonds. The lowest BCUT2D eigenvalue weighted by Crippen LogP contribution is -2.17. The largest absolute Gasteiger partial charge is 0.445 e. The summed E-state index contributed by atoms with van der Waals surface area (Å²) in [6.45, 7) is 2.00. The molecule has 1 heterocycles. The van der Waals surface area contributed by atoms with Gasteiger partial charge in [0.05, 0.1) is 11.6 Å². The molecule has 4 heteroatoms. The van der Waals surface area contributed by atoms with Crippen LogP contribution in [0, 0.1) is 18.3 Å². The molecule has 0 atom stereocenters. The second kappa shape index (κ2) is 3.47. The molecule has 0 unspecified atom stereocenters. The van der Waals surface area contributed by atoms with Crippen molar-refractivity contribution in [1.29, 1.82) is 0 Å². The zero-order valence-corrected chi connectivity index (χ0v) is 10.6. The zero-order chi connectivity index (χ0) is 13.0. The van der Waals surface area contributed by atoms with Crippen LogP contribution in [0.2, 0.25) is 0 Å². The second-order valence-corrected chi connectivity index (χ2v) is 5.58. The number of anilines is 1. The topological polar surface area (TPSA) is 55.1 Å². The Morgan fingerprint density at radius 2 is 2.26 bits per heavy atom. The van der Waals surface area contributed by atoms with Gasteiger partial charge in [-0.3, -0.25) is 4.79 Å². The molecule has 19 heavy (non-hydrogen) atoms. The number of nitrogens with zero attached hydrogens (tertiary/aromatic N) is 1. The van der Waals surface area contributed by atoms with Gasteiger partial charge in [-0.25, -0.2) is 4.98 Å². The molecule has 0 aliphatic heterocycles. The SMILES string of the molecule is Cc1ccc(NC(=O)C23CC2C3)cc1-c1ncco1. The molecule has 0 spiro atoms. The normalized spacial score (nSPS) is 26.7. The van der Waals surface area contributed by atoms with Crippen molar-refractivity contribution < 1.29 is 9.21 Å². The van der Waals surface area contributed by atoms with Crippen LogP contribution in [0.15, 0.2) is 35.1 Å². The molecule has 2 aliphatic rings. The molecule has 1 aromatic carbocycles. The van der Waals surface area contributed by atoms with E-state index >= 15 is 0 Å². The summed E-state index contributed by atoms with van der Waals surface area (Å²) >= 11 is 0. The average molecular weight is 254 g/mol. The number of benzene rings is 1. The van der Waals surface area contributed by atoms with Gasteiger partial charge in [0, 0.05) is 11.3 Å². The summed E-state index contributed by atoms with van der Waals surface area (Å²) in [7, 11) is 0. The summed E-state index contributed by atoms with van der Waals surface area (Å²) in [6.07, 6.45) is 5.31. The van der Waals surface area contributed by atoms with E-state index in [0.717, 1.165) is 29.7 Å². The molecule has 4 nitrogen and oxygen atoms in total. The monoisotopic (exact) mass is 254 g/mol. The number of oxazole rings is 1. The molecule has 2 saturated carbocycles. The van der Waals surface area contributed by atoms with E-state index in [1.807, 2.05) is 25.1 Å². The zero-order valence-electron chi connectivity index (χ0n) is 10.6. The van der Waals surface area contributed by atoms with E-state index in [1.165, 1.54) is 0 Å². The maximum Gasteiger partial charge on any atom is 0.230 e. The summed E-state index contributed by atoms with van der Waals surface area (Å²) in [5.41, 5.74) is 2.81. The van der Waals surface area contributed by atoms with E-state index in [9.17, 15) is 4.79 Å². The number of fused-ring (bicyclic) bond motifs is 1. The second-order valence-electron chi connectivity index (χ2n) is 5.58. The summed E-state index contributed by atoms with van der Waals surface area (Å²) in [5, 5.41) is 3.01. The van der Waals surface area contributed by atoms with Crippen LogP contribution in [-0.2, 0) is 4.79 Å². The first-order valence-corrected chi connectivity index (χ1v) is 6.51. The van der Waals surface area contributed by atoms with Gasteiger partial charge in [-0.1, -0.05) is 6.07 Å². The maximum atomic E-state index is 12.1. The van der Waals surface area contributed by atoms with Gasteiger partial charge < -0.3 is 9.73 Å². The number of hydrogen-bond acceptors (Lipinski definition) is 3. The van der Waals surface area contributed by atoms with E-state index in [2.05, 4.69) is 10.3 Å². The molecule has 96 valence electrons. The molecule has 4 rings (SSSR count). The van der Waals surface area contributed by atoms with Gasteiger partial charge in [-0.2, -0.15) is 0 Å². The minimum absolute atomic E-state index is 0.00597. The molecular formula is C15H14N2O2. The van der Waals surface area contributed by atoms with Crippen molar-refractivity contribution in [3.05, 3.63) is 36.2 Å². The first-order valence-electron chi connectivity index (χ1n) is 6.51. The molecule has 0 saturated heterocycles. The van der Waals surface area contributed by atoms with Crippen LogP contribution in [-0.4, -0.2) is 10.9 Å². The standard InChI is InChI=1S/C15H14N2O2/c1-9-2-3-11(6-12(9)13-16-4-5-19-13)17-14(18)15-7-10(15)8-15/h2-6,10H,7-8H2,1H3,(H,17,18). The third-order valence-corrected chi connectivity index (χ3v) is 4.29. The average Bonchev–Trinajstić information content (AvgIpc) is 3.18. The van der Waals surface area contributed by atoms with Crippen LogP contribution >= 0.6 is 0 Å².